The van der Waals surface area contributed by atoms with Crippen LogP contribution in [0.3, 0.4) is 0 Å². The van der Waals surface area contributed by atoms with Crippen molar-refractivity contribution in [1.82, 2.24) is 0 Å². The van der Waals surface area contributed by atoms with Gasteiger partial charge in [0.15, 0.2) is 0 Å². The van der Waals surface area contributed by atoms with Gasteiger partial charge in [-0.05, 0) is 30.7 Å². The summed E-state index contributed by atoms with van der Waals surface area (Å²) in [4.78, 5) is 1.20. The van der Waals surface area contributed by atoms with E-state index in [0.29, 0.717) is 11.0 Å². The maximum Gasteiger partial charge on any atom is 0.264 e. The molecule has 0 bridgehead atoms. The summed E-state index contributed by atoms with van der Waals surface area (Å²) in [7, 11) is -3.39. The van der Waals surface area contributed by atoms with Crippen LogP contribution in [-0.4, -0.2) is 33.1 Å². The number of hydrogen-bond donors (Lipinski definition) is 0. The molecule has 1 rings (SSSR count). The van der Waals surface area contributed by atoms with Crippen LogP contribution in [0.2, 0.25) is 0 Å². The standard InChI is InChI=1S/C13H20O4S2/c1-4-11(2)18-13-7-5-12(6-8-13)16-9-10-17-19(3,14)15/h5-8,11H,4,9-10H2,1-3H3. The molecular formula is C13H20O4S2. The van der Waals surface area contributed by atoms with Crippen molar-refractivity contribution in [1.29, 1.82) is 0 Å². The first-order chi connectivity index (χ1) is 8.90. The van der Waals surface area contributed by atoms with E-state index < -0.39 is 10.1 Å². The normalized spacial score (nSPS) is 13.2. The van der Waals surface area contributed by atoms with E-state index in [1.807, 2.05) is 36.0 Å². The summed E-state index contributed by atoms with van der Waals surface area (Å²) in [6.07, 6.45) is 2.15. The van der Waals surface area contributed by atoms with Crippen LogP contribution in [0, 0.1) is 0 Å². The highest BCUT2D eigenvalue weighted by molar-refractivity contribution is 7.99. The van der Waals surface area contributed by atoms with Gasteiger partial charge in [0.25, 0.3) is 10.1 Å². The van der Waals surface area contributed by atoms with Gasteiger partial charge in [-0.3, -0.25) is 4.18 Å². The first-order valence-corrected chi connectivity index (χ1v) is 8.84. The third-order valence-electron chi connectivity index (χ3n) is 2.39. The monoisotopic (exact) mass is 304 g/mol. The zero-order chi connectivity index (χ0) is 14.3. The summed E-state index contributed by atoms with van der Waals surface area (Å²) < 4.78 is 31.4. The van der Waals surface area contributed by atoms with Gasteiger partial charge < -0.3 is 4.74 Å². The van der Waals surface area contributed by atoms with Gasteiger partial charge in [0, 0.05) is 10.1 Å². The molecule has 0 heterocycles. The second-order valence-electron chi connectivity index (χ2n) is 4.18. The second kappa shape index (κ2) is 7.77. The topological polar surface area (TPSA) is 52.6 Å². The van der Waals surface area contributed by atoms with Crippen LogP contribution in [-0.2, 0) is 14.3 Å². The Hall–Kier alpha value is -0.720. The third kappa shape index (κ3) is 7.44. The molecule has 0 aliphatic rings. The highest BCUT2D eigenvalue weighted by atomic mass is 32.2. The maximum atomic E-state index is 10.7. The van der Waals surface area contributed by atoms with E-state index in [0.717, 1.165) is 12.7 Å². The van der Waals surface area contributed by atoms with Crippen molar-refractivity contribution in [3.63, 3.8) is 0 Å². The van der Waals surface area contributed by atoms with Crippen molar-refractivity contribution in [2.75, 3.05) is 19.5 Å². The number of rotatable bonds is 8. The Balaban J connectivity index is 2.36. The minimum Gasteiger partial charge on any atom is -0.491 e. The van der Waals surface area contributed by atoms with Gasteiger partial charge in [0.1, 0.15) is 19.0 Å². The average Bonchev–Trinajstić information content (AvgIpc) is 2.35. The van der Waals surface area contributed by atoms with Crippen molar-refractivity contribution in [3.05, 3.63) is 24.3 Å². The molecule has 0 N–H and O–H groups in total. The van der Waals surface area contributed by atoms with Crippen molar-refractivity contribution in [2.24, 2.45) is 0 Å². The minimum absolute atomic E-state index is 0.0300. The number of benzene rings is 1. The fraction of sp³-hybridized carbons (Fsp3) is 0.538. The van der Waals surface area contributed by atoms with Crippen molar-refractivity contribution < 1.29 is 17.3 Å². The van der Waals surface area contributed by atoms with E-state index >= 15 is 0 Å². The highest BCUT2D eigenvalue weighted by Gasteiger charge is 2.03. The van der Waals surface area contributed by atoms with Crippen LogP contribution < -0.4 is 4.74 Å². The quantitative estimate of drug-likeness (QED) is 0.420. The number of hydrogen-bond acceptors (Lipinski definition) is 5. The van der Waals surface area contributed by atoms with Crippen LogP contribution in [0.5, 0.6) is 5.75 Å². The lowest BCUT2D eigenvalue weighted by atomic mass is 10.3. The molecule has 0 saturated heterocycles. The predicted octanol–water partition coefficient (Wildman–Crippen LogP) is 2.93. The Kier molecular flexibility index (Phi) is 6.68. The molecule has 1 unspecified atom stereocenters. The van der Waals surface area contributed by atoms with Crippen LogP contribution in [0.4, 0.5) is 0 Å². The molecular weight excluding hydrogens is 284 g/mol. The van der Waals surface area contributed by atoms with Gasteiger partial charge in [-0.15, -0.1) is 11.8 Å². The largest absolute Gasteiger partial charge is 0.491 e. The molecule has 0 aliphatic heterocycles. The summed E-state index contributed by atoms with van der Waals surface area (Å²) >= 11 is 1.82. The summed E-state index contributed by atoms with van der Waals surface area (Å²) in [5.74, 6) is 0.714. The Morgan fingerprint density at radius 2 is 1.84 bits per heavy atom. The van der Waals surface area contributed by atoms with Gasteiger partial charge in [-0.25, -0.2) is 0 Å². The Morgan fingerprint density at radius 1 is 1.21 bits per heavy atom. The van der Waals surface area contributed by atoms with Gasteiger partial charge in [0.05, 0.1) is 6.26 Å². The second-order valence-corrected chi connectivity index (χ2v) is 7.34. The summed E-state index contributed by atoms with van der Waals surface area (Å²) in [6.45, 7) is 4.60. The molecule has 0 fully saturated rings. The first kappa shape index (κ1) is 16.3. The Morgan fingerprint density at radius 3 is 2.37 bits per heavy atom. The van der Waals surface area contributed by atoms with Crippen molar-refractivity contribution in [2.45, 2.75) is 30.4 Å². The molecule has 0 radical (unpaired) electrons. The van der Waals surface area contributed by atoms with E-state index in [4.69, 9.17) is 4.74 Å². The number of ether oxygens (including phenoxy) is 1. The fourth-order valence-electron chi connectivity index (χ4n) is 1.27. The van der Waals surface area contributed by atoms with Gasteiger partial charge >= 0.3 is 0 Å². The molecule has 0 spiro atoms. The molecule has 0 aromatic heterocycles. The van der Waals surface area contributed by atoms with Crippen LogP contribution >= 0.6 is 11.8 Å². The first-order valence-electron chi connectivity index (χ1n) is 6.14. The van der Waals surface area contributed by atoms with Crippen molar-refractivity contribution >= 4 is 21.9 Å². The van der Waals surface area contributed by atoms with Gasteiger partial charge in [-0.2, -0.15) is 8.42 Å². The minimum atomic E-state index is -3.39. The molecule has 1 aromatic carbocycles. The zero-order valence-electron chi connectivity index (χ0n) is 11.5. The lowest BCUT2D eigenvalue weighted by Gasteiger charge is -2.09. The molecule has 1 atom stereocenters. The van der Waals surface area contributed by atoms with E-state index in [9.17, 15) is 8.42 Å². The van der Waals surface area contributed by atoms with E-state index in [-0.39, 0.29) is 13.2 Å². The van der Waals surface area contributed by atoms with Crippen LogP contribution in [0.15, 0.2) is 29.2 Å². The molecule has 6 heteroatoms. The molecule has 0 saturated carbocycles. The third-order valence-corrected chi connectivity index (χ3v) is 4.26. The lowest BCUT2D eigenvalue weighted by Crippen LogP contribution is -2.11. The van der Waals surface area contributed by atoms with Crippen LogP contribution in [0.1, 0.15) is 20.3 Å². The molecule has 0 aliphatic carbocycles. The van der Waals surface area contributed by atoms with Gasteiger partial charge in [-0.1, -0.05) is 13.8 Å². The fourth-order valence-corrected chi connectivity index (χ4v) is 2.57. The SMILES string of the molecule is CCC(C)Sc1ccc(OCCOS(C)(=O)=O)cc1. The summed E-state index contributed by atoms with van der Waals surface area (Å²) in [6, 6.07) is 7.77. The van der Waals surface area contributed by atoms with Crippen molar-refractivity contribution in [3.8, 4) is 5.75 Å². The predicted molar refractivity (Wildman–Crippen MR) is 78.3 cm³/mol. The lowest BCUT2D eigenvalue weighted by molar-refractivity contribution is 0.222. The molecule has 1 aromatic rings. The zero-order valence-corrected chi connectivity index (χ0v) is 13.1. The average molecular weight is 304 g/mol. The van der Waals surface area contributed by atoms with E-state index in [2.05, 4.69) is 18.0 Å². The highest BCUT2D eigenvalue weighted by Crippen LogP contribution is 2.26. The molecule has 4 nitrogen and oxygen atoms in total. The van der Waals surface area contributed by atoms with Gasteiger partial charge in [0.2, 0.25) is 0 Å². The Bertz CT molecular complexity index is 468. The maximum absolute atomic E-state index is 10.7. The van der Waals surface area contributed by atoms with E-state index in [1.54, 1.807) is 0 Å². The molecule has 108 valence electrons. The summed E-state index contributed by atoms with van der Waals surface area (Å²) in [5, 5.41) is 0.593. The Labute approximate surface area is 119 Å². The summed E-state index contributed by atoms with van der Waals surface area (Å²) in [5.41, 5.74) is 0. The molecule has 0 amide bonds. The smallest absolute Gasteiger partial charge is 0.264 e. The number of thioether (sulfide) groups is 1. The van der Waals surface area contributed by atoms with E-state index in [1.165, 1.54) is 4.90 Å². The molecule has 19 heavy (non-hydrogen) atoms. The van der Waals surface area contributed by atoms with Crippen LogP contribution in [0.25, 0.3) is 0 Å².